The Balaban J connectivity index is 2.27. The van der Waals surface area contributed by atoms with Crippen molar-refractivity contribution in [2.45, 2.75) is 12.8 Å². The van der Waals surface area contributed by atoms with Gasteiger partial charge in [0.1, 0.15) is 5.75 Å². The lowest BCUT2D eigenvalue weighted by atomic mass is 10.1. The fourth-order valence-electron chi connectivity index (χ4n) is 1.35. The van der Waals surface area contributed by atoms with Crippen molar-refractivity contribution >= 4 is 0 Å². The van der Waals surface area contributed by atoms with Crippen LogP contribution < -0.4 is 4.74 Å². The normalized spacial score (nSPS) is 11.1. The lowest BCUT2D eigenvalue weighted by Crippen LogP contribution is -2.09. The Morgan fingerprint density at radius 2 is 2.16 bits per heavy atom. The van der Waals surface area contributed by atoms with Gasteiger partial charge in [0.05, 0.1) is 17.2 Å². The second kappa shape index (κ2) is 4.97. The molecule has 1 aromatic heterocycles. The number of benzene rings is 1. The van der Waals surface area contributed by atoms with E-state index in [1.807, 2.05) is 0 Å². The van der Waals surface area contributed by atoms with Crippen LogP contribution in [0.25, 0.3) is 0 Å². The lowest BCUT2D eigenvalue weighted by molar-refractivity contribution is -0.139. The summed E-state index contributed by atoms with van der Waals surface area (Å²) in [6, 6.07) is 4.69. The highest BCUT2D eigenvalue weighted by atomic mass is 19.4. The fourth-order valence-corrected chi connectivity index (χ4v) is 1.35. The molecule has 0 fully saturated rings. The Morgan fingerprint density at radius 3 is 2.74 bits per heavy atom. The maximum atomic E-state index is 12.8. The largest absolute Gasteiger partial charge is 0.485 e. The number of ether oxygens (including phenoxy) is 1. The first kappa shape index (κ1) is 12.9. The van der Waals surface area contributed by atoms with Gasteiger partial charge in [-0.3, -0.25) is 0 Å². The van der Waals surface area contributed by atoms with E-state index in [1.54, 1.807) is 6.07 Å². The van der Waals surface area contributed by atoms with Gasteiger partial charge in [-0.1, -0.05) is 5.16 Å². The van der Waals surface area contributed by atoms with Crippen LogP contribution >= 0.6 is 0 Å². The van der Waals surface area contributed by atoms with Gasteiger partial charge in [0.2, 0.25) is 12.2 Å². The zero-order chi connectivity index (χ0) is 13.9. The first-order valence-electron chi connectivity index (χ1n) is 5.00. The van der Waals surface area contributed by atoms with E-state index < -0.39 is 17.5 Å². The molecule has 5 nitrogen and oxygen atoms in total. The number of hydrogen-bond acceptors (Lipinski definition) is 5. The molecule has 2 rings (SSSR count). The number of nitrogens with zero attached hydrogens (tertiary/aromatic N) is 3. The van der Waals surface area contributed by atoms with Crippen molar-refractivity contribution in [3.8, 4) is 11.8 Å². The van der Waals surface area contributed by atoms with Gasteiger partial charge in [0, 0.05) is 0 Å². The summed E-state index contributed by atoms with van der Waals surface area (Å²) in [6.45, 7) is -0.258. The summed E-state index contributed by atoms with van der Waals surface area (Å²) in [4.78, 5) is 3.62. The van der Waals surface area contributed by atoms with Crippen LogP contribution in [0, 0.1) is 11.3 Å². The number of rotatable bonds is 3. The zero-order valence-corrected chi connectivity index (χ0v) is 9.31. The second-order valence-electron chi connectivity index (χ2n) is 3.46. The van der Waals surface area contributed by atoms with Crippen molar-refractivity contribution in [3.05, 3.63) is 41.5 Å². The fraction of sp³-hybridized carbons (Fsp3) is 0.182. The van der Waals surface area contributed by atoms with Gasteiger partial charge in [-0.2, -0.15) is 23.4 Å². The van der Waals surface area contributed by atoms with E-state index in [2.05, 4.69) is 14.7 Å². The monoisotopic (exact) mass is 269 g/mol. The maximum Gasteiger partial charge on any atom is 0.420 e. The van der Waals surface area contributed by atoms with E-state index in [0.29, 0.717) is 0 Å². The van der Waals surface area contributed by atoms with E-state index in [1.165, 1.54) is 6.07 Å². The van der Waals surface area contributed by atoms with E-state index in [-0.39, 0.29) is 18.0 Å². The first-order chi connectivity index (χ1) is 9.00. The first-order valence-corrected chi connectivity index (χ1v) is 5.00. The van der Waals surface area contributed by atoms with Crippen molar-refractivity contribution in [2.24, 2.45) is 0 Å². The Hall–Kier alpha value is -2.56. The molecule has 19 heavy (non-hydrogen) atoms. The number of nitriles is 1. The summed E-state index contributed by atoms with van der Waals surface area (Å²) >= 11 is 0. The zero-order valence-electron chi connectivity index (χ0n) is 9.31. The topological polar surface area (TPSA) is 71.9 Å². The van der Waals surface area contributed by atoms with Crippen LogP contribution in [0.4, 0.5) is 13.2 Å². The van der Waals surface area contributed by atoms with Crippen LogP contribution in [-0.4, -0.2) is 10.1 Å². The molecule has 0 atom stereocenters. The van der Waals surface area contributed by atoms with Gasteiger partial charge < -0.3 is 9.26 Å². The van der Waals surface area contributed by atoms with Gasteiger partial charge in [0.25, 0.3) is 0 Å². The predicted molar refractivity (Wildman–Crippen MR) is 54.8 cm³/mol. The molecule has 0 saturated carbocycles. The summed E-state index contributed by atoms with van der Waals surface area (Å²) in [5, 5.41) is 12.0. The Kier molecular flexibility index (Phi) is 3.37. The molecule has 0 saturated heterocycles. The quantitative estimate of drug-likeness (QED) is 0.856. The maximum absolute atomic E-state index is 12.8. The Labute approximate surface area is 105 Å². The van der Waals surface area contributed by atoms with Crippen molar-refractivity contribution in [3.63, 3.8) is 0 Å². The molecule has 0 radical (unpaired) electrons. The average molecular weight is 269 g/mol. The Bertz CT molecular complexity index is 603. The van der Waals surface area contributed by atoms with Crippen LogP contribution in [0.1, 0.15) is 17.0 Å². The van der Waals surface area contributed by atoms with Gasteiger partial charge in [0.15, 0.2) is 6.61 Å². The van der Waals surface area contributed by atoms with Crippen LogP contribution in [-0.2, 0) is 12.8 Å². The molecule has 1 aromatic carbocycles. The van der Waals surface area contributed by atoms with E-state index in [4.69, 9.17) is 10.00 Å². The van der Waals surface area contributed by atoms with Gasteiger partial charge in [-0.15, -0.1) is 0 Å². The van der Waals surface area contributed by atoms with Crippen molar-refractivity contribution in [1.82, 2.24) is 10.1 Å². The molecule has 2 aromatic rings. The molecule has 1 heterocycles. The molecular formula is C11H6F3N3O2. The molecular weight excluding hydrogens is 263 g/mol. The van der Waals surface area contributed by atoms with E-state index >= 15 is 0 Å². The summed E-state index contributed by atoms with van der Waals surface area (Å²) in [5.74, 6) is -0.270. The van der Waals surface area contributed by atoms with Gasteiger partial charge in [-0.05, 0) is 18.2 Å². The minimum absolute atomic E-state index is 0.0979. The van der Waals surface area contributed by atoms with Gasteiger partial charge >= 0.3 is 6.18 Å². The molecule has 0 bridgehead atoms. The number of hydrogen-bond donors (Lipinski definition) is 0. The molecule has 8 heteroatoms. The molecule has 0 amide bonds. The third-order valence-electron chi connectivity index (χ3n) is 2.18. The molecule has 0 N–H and O–H groups in total. The molecule has 0 aliphatic rings. The molecule has 98 valence electrons. The standard InChI is InChI=1S/C11H6F3N3O2/c12-11(13,14)8-3-7(4-15)1-2-9(8)18-5-10-16-6-19-17-10/h1-3,6H,5H2. The number of halogens is 3. The van der Waals surface area contributed by atoms with Crippen molar-refractivity contribution < 1.29 is 22.4 Å². The molecule has 0 unspecified atom stereocenters. The average Bonchev–Trinajstić information content (AvgIpc) is 2.88. The third kappa shape index (κ3) is 3.01. The van der Waals surface area contributed by atoms with Crippen LogP contribution in [0.15, 0.2) is 29.1 Å². The van der Waals surface area contributed by atoms with Gasteiger partial charge in [-0.25, -0.2) is 0 Å². The third-order valence-corrected chi connectivity index (χ3v) is 2.18. The highest BCUT2D eigenvalue weighted by molar-refractivity contribution is 5.43. The number of alkyl halides is 3. The SMILES string of the molecule is N#Cc1ccc(OCc2ncon2)c(C(F)(F)F)c1. The minimum Gasteiger partial charge on any atom is -0.485 e. The smallest absolute Gasteiger partial charge is 0.420 e. The lowest BCUT2D eigenvalue weighted by Gasteiger charge is -2.13. The highest BCUT2D eigenvalue weighted by Crippen LogP contribution is 2.36. The van der Waals surface area contributed by atoms with E-state index in [9.17, 15) is 13.2 Å². The summed E-state index contributed by atoms with van der Waals surface area (Å²) in [7, 11) is 0. The summed E-state index contributed by atoms with van der Waals surface area (Å²) in [6.07, 6.45) is -3.57. The predicted octanol–water partition coefficient (Wildman–Crippen LogP) is 2.54. The Morgan fingerprint density at radius 1 is 1.37 bits per heavy atom. The molecule has 0 spiro atoms. The highest BCUT2D eigenvalue weighted by Gasteiger charge is 2.34. The van der Waals surface area contributed by atoms with E-state index in [0.717, 1.165) is 18.5 Å². The molecule has 0 aliphatic heterocycles. The van der Waals surface area contributed by atoms with Crippen LogP contribution in [0.5, 0.6) is 5.75 Å². The summed E-state index contributed by atoms with van der Waals surface area (Å²) in [5.41, 5.74) is -1.12. The minimum atomic E-state index is -4.61. The number of aromatic nitrogens is 2. The van der Waals surface area contributed by atoms with Crippen LogP contribution in [0.2, 0.25) is 0 Å². The van der Waals surface area contributed by atoms with Crippen LogP contribution in [0.3, 0.4) is 0 Å². The second-order valence-corrected chi connectivity index (χ2v) is 3.46. The van der Waals surface area contributed by atoms with Crippen molar-refractivity contribution in [2.75, 3.05) is 0 Å². The summed E-state index contributed by atoms with van der Waals surface area (Å²) < 4.78 is 47.8. The van der Waals surface area contributed by atoms with Crippen molar-refractivity contribution in [1.29, 1.82) is 5.26 Å². The molecule has 0 aliphatic carbocycles.